The molecule has 0 saturated carbocycles. The molecule has 14 heavy (non-hydrogen) atoms. The third-order valence-electron chi connectivity index (χ3n) is 1.76. The van der Waals surface area contributed by atoms with Crippen LogP contribution in [-0.2, 0) is 0 Å². The Balaban J connectivity index is 2.58. The molecule has 0 amide bonds. The molecule has 0 atom stereocenters. The molecule has 1 aromatic heterocycles. The number of hydrogen-bond acceptors (Lipinski definition) is 2. The molecule has 0 aliphatic carbocycles. The van der Waals surface area contributed by atoms with Crippen LogP contribution in [0.5, 0.6) is 0 Å². The molecule has 1 aromatic carbocycles. The standard InChI is InChI=1S/C10H5F2N2/c11-8-4-1-3-7(10(8)12)9-5-2-6-13-14-9/h1-5H. The van der Waals surface area contributed by atoms with Gasteiger partial charge in [0.2, 0.25) is 0 Å². The number of rotatable bonds is 1. The molecular formula is C10H5F2N2. The second-order valence-corrected chi connectivity index (χ2v) is 2.65. The summed E-state index contributed by atoms with van der Waals surface area (Å²) in [6.07, 6.45) is 2.46. The Hall–Kier alpha value is -1.84. The van der Waals surface area contributed by atoms with Gasteiger partial charge in [-0.25, -0.2) is 8.78 Å². The summed E-state index contributed by atoms with van der Waals surface area (Å²) in [6, 6.07) is 6.94. The largest absolute Gasteiger partial charge is 0.204 e. The summed E-state index contributed by atoms with van der Waals surface area (Å²) in [5.74, 6) is -1.80. The molecule has 0 unspecified atom stereocenters. The Kier molecular flexibility index (Phi) is 2.18. The van der Waals surface area contributed by atoms with Crippen molar-refractivity contribution in [2.24, 2.45) is 0 Å². The van der Waals surface area contributed by atoms with Crippen molar-refractivity contribution in [2.45, 2.75) is 0 Å². The van der Waals surface area contributed by atoms with E-state index in [2.05, 4.69) is 16.4 Å². The summed E-state index contributed by atoms with van der Waals surface area (Å²) in [5, 5.41) is 7.11. The van der Waals surface area contributed by atoms with Crippen molar-refractivity contribution in [1.29, 1.82) is 0 Å². The summed E-state index contributed by atoms with van der Waals surface area (Å²) in [6.45, 7) is 0. The average molecular weight is 191 g/mol. The third-order valence-corrected chi connectivity index (χ3v) is 1.76. The summed E-state index contributed by atoms with van der Waals surface area (Å²) >= 11 is 0. The molecule has 2 aromatic rings. The lowest BCUT2D eigenvalue weighted by Crippen LogP contribution is -1.92. The highest BCUT2D eigenvalue weighted by Gasteiger charge is 2.09. The van der Waals surface area contributed by atoms with Crippen LogP contribution in [0.4, 0.5) is 8.78 Å². The Morgan fingerprint density at radius 2 is 2.00 bits per heavy atom. The van der Waals surface area contributed by atoms with Crippen molar-refractivity contribution in [2.75, 3.05) is 0 Å². The third kappa shape index (κ3) is 1.46. The Morgan fingerprint density at radius 3 is 2.71 bits per heavy atom. The van der Waals surface area contributed by atoms with E-state index in [1.807, 2.05) is 0 Å². The number of benzene rings is 1. The number of halogens is 2. The highest BCUT2D eigenvalue weighted by molar-refractivity contribution is 5.58. The fraction of sp³-hybridized carbons (Fsp3) is 0. The van der Waals surface area contributed by atoms with E-state index >= 15 is 0 Å². The summed E-state index contributed by atoms with van der Waals surface area (Å²) in [5.41, 5.74) is 0.396. The first-order valence-electron chi connectivity index (χ1n) is 3.93. The molecular weight excluding hydrogens is 186 g/mol. The second kappa shape index (κ2) is 3.49. The molecule has 1 heterocycles. The zero-order valence-electron chi connectivity index (χ0n) is 7.04. The molecule has 0 aliphatic rings. The number of hydrogen-bond donors (Lipinski definition) is 0. The zero-order chi connectivity index (χ0) is 9.97. The maximum Gasteiger partial charge on any atom is 0.168 e. The van der Waals surface area contributed by atoms with Gasteiger partial charge in [0, 0.05) is 5.56 Å². The molecule has 0 spiro atoms. The Morgan fingerprint density at radius 1 is 1.14 bits per heavy atom. The van der Waals surface area contributed by atoms with E-state index in [0.717, 1.165) is 6.07 Å². The molecule has 0 saturated heterocycles. The quantitative estimate of drug-likeness (QED) is 0.690. The zero-order valence-corrected chi connectivity index (χ0v) is 7.04. The van der Waals surface area contributed by atoms with Crippen molar-refractivity contribution in [3.05, 3.63) is 48.2 Å². The lowest BCUT2D eigenvalue weighted by atomic mass is 10.1. The monoisotopic (exact) mass is 191 g/mol. The van der Waals surface area contributed by atoms with Gasteiger partial charge in [-0.1, -0.05) is 6.07 Å². The number of aromatic nitrogens is 2. The lowest BCUT2D eigenvalue weighted by Gasteiger charge is -2.00. The molecule has 0 bridgehead atoms. The van der Waals surface area contributed by atoms with Gasteiger partial charge in [0.15, 0.2) is 11.6 Å². The van der Waals surface area contributed by atoms with Gasteiger partial charge >= 0.3 is 0 Å². The molecule has 0 aliphatic heterocycles. The van der Waals surface area contributed by atoms with E-state index in [-0.39, 0.29) is 5.56 Å². The predicted molar refractivity (Wildman–Crippen MR) is 46.2 cm³/mol. The second-order valence-electron chi connectivity index (χ2n) is 2.65. The van der Waals surface area contributed by atoms with Gasteiger partial charge < -0.3 is 0 Å². The molecule has 0 N–H and O–H groups in total. The first kappa shape index (κ1) is 8.74. The van der Waals surface area contributed by atoms with Gasteiger partial charge in [-0.05, 0) is 24.3 Å². The van der Waals surface area contributed by atoms with Crippen molar-refractivity contribution < 1.29 is 8.78 Å². The van der Waals surface area contributed by atoms with Crippen LogP contribution in [0, 0.1) is 17.8 Å². The van der Waals surface area contributed by atoms with Gasteiger partial charge in [0.05, 0.1) is 5.69 Å². The van der Waals surface area contributed by atoms with E-state index in [9.17, 15) is 8.78 Å². The highest BCUT2D eigenvalue weighted by atomic mass is 19.2. The lowest BCUT2D eigenvalue weighted by molar-refractivity contribution is 0.511. The maximum atomic E-state index is 13.2. The normalized spacial score (nSPS) is 10.1. The van der Waals surface area contributed by atoms with E-state index < -0.39 is 11.6 Å². The fourth-order valence-corrected chi connectivity index (χ4v) is 1.11. The fourth-order valence-electron chi connectivity index (χ4n) is 1.11. The highest BCUT2D eigenvalue weighted by Crippen LogP contribution is 2.21. The van der Waals surface area contributed by atoms with E-state index in [1.165, 1.54) is 24.3 Å². The van der Waals surface area contributed by atoms with Crippen molar-refractivity contribution in [3.8, 4) is 11.3 Å². The predicted octanol–water partition coefficient (Wildman–Crippen LogP) is 2.22. The van der Waals surface area contributed by atoms with Crippen molar-refractivity contribution in [3.63, 3.8) is 0 Å². The van der Waals surface area contributed by atoms with Crippen LogP contribution in [0.1, 0.15) is 0 Å². The first-order valence-corrected chi connectivity index (χ1v) is 3.93. The van der Waals surface area contributed by atoms with Crippen LogP contribution < -0.4 is 0 Å². The number of nitrogens with zero attached hydrogens (tertiary/aromatic N) is 2. The van der Waals surface area contributed by atoms with Gasteiger partial charge in [0.1, 0.15) is 6.20 Å². The first-order chi connectivity index (χ1) is 6.79. The van der Waals surface area contributed by atoms with Crippen LogP contribution in [0.3, 0.4) is 0 Å². The Bertz CT molecular complexity index is 443. The molecule has 2 nitrogen and oxygen atoms in total. The van der Waals surface area contributed by atoms with E-state index in [1.54, 1.807) is 0 Å². The van der Waals surface area contributed by atoms with Crippen LogP contribution in [0.2, 0.25) is 0 Å². The topological polar surface area (TPSA) is 25.8 Å². The molecule has 2 rings (SSSR count). The van der Waals surface area contributed by atoms with E-state index in [4.69, 9.17) is 0 Å². The van der Waals surface area contributed by atoms with Crippen LogP contribution in [0.25, 0.3) is 11.3 Å². The van der Waals surface area contributed by atoms with Gasteiger partial charge in [0.25, 0.3) is 0 Å². The average Bonchev–Trinajstić information content (AvgIpc) is 2.23. The van der Waals surface area contributed by atoms with Gasteiger partial charge in [-0.15, -0.1) is 10.2 Å². The SMILES string of the molecule is Fc1cccc(-c2cc[c]nn2)c1F. The van der Waals surface area contributed by atoms with Gasteiger partial charge in [-0.3, -0.25) is 0 Å². The smallest absolute Gasteiger partial charge is 0.168 e. The summed E-state index contributed by atoms with van der Waals surface area (Å²) < 4.78 is 26.1. The molecule has 69 valence electrons. The Labute approximate surface area is 79.2 Å². The minimum Gasteiger partial charge on any atom is -0.204 e. The van der Waals surface area contributed by atoms with Crippen LogP contribution in [-0.4, -0.2) is 10.2 Å². The van der Waals surface area contributed by atoms with Crippen molar-refractivity contribution >= 4 is 0 Å². The van der Waals surface area contributed by atoms with E-state index in [0.29, 0.717) is 5.69 Å². The summed E-state index contributed by atoms with van der Waals surface area (Å²) in [4.78, 5) is 0. The van der Waals surface area contributed by atoms with Crippen LogP contribution >= 0.6 is 0 Å². The van der Waals surface area contributed by atoms with Gasteiger partial charge in [-0.2, -0.15) is 0 Å². The summed E-state index contributed by atoms with van der Waals surface area (Å²) in [7, 11) is 0. The minimum absolute atomic E-state index is 0.103. The minimum atomic E-state index is -0.909. The van der Waals surface area contributed by atoms with Crippen LogP contribution in [0.15, 0.2) is 30.3 Å². The van der Waals surface area contributed by atoms with Crippen molar-refractivity contribution in [1.82, 2.24) is 10.2 Å². The maximum absolute atomic E-state index is 13.2. The molecule has 4 heteroatoms. The molecule has 1 radical (unpaired) electrons. The molecule has 0 fully saturated rings.